The molecule has 1 aliphatic heterocycles. The van der Waals surface area contributed by atoms with Crippen molar-refractivity contribution in [3.8, 4) is 11.4 Å². The lowest BCUT2D eigenvalue weighted by molar-refractivity contribution is 0.0384. The normalized spacial score (nSPS) is 15.9. The monoisotopic (exact) mass is 299 g/mol. The molecule has 0 bridgehead atoms. The number of hydrogen-bond donors (Lipinski definition) is 1. The molecule has 1 aromatic carbocycles. The second-order valence-electron chi connectivity index (χ2n) is 5.43. The van der Waals surface area contributed by atoms with Crippen molar-refractivity contribution in [2.75, 3.05) is 32.8 Å². The molecule has 0 radical (unpaired) electrons. The summed E-state index contributed by atoms with van der Waals surface area (Å²) in [4.78, 5) is 11.0. The van der Waals surface area contributed by atoms with E-state index in [1.165, 1.54) is 5.56 Å². The number of aliphatic hydroxyl groups excluding tert-OH is 1. The average molecular weight is 299 g/mol. The smallest absolute Gasteiger partial charge is 0.159 e. The van der Waals surface area contributed by atoms with E-state index in [1.807, 2.05) is 12.1 Å². The highest BCUT2D eigenvalue weighted by atomic mass is 16.5. The summed E-state index contributed by atoms with van der Waals surface area (Å²) in [5, 5.41) is 9.14. The summed E-state index contributed by atoms with van der Waals surface area (Å²) in [7, 11) is 0. The van der Waals surface area contributed by atoms with Gasteiger partial charge in [0, 0.05) is 31.4 Å². The quantitative estimate of drug-likeness (QED) is 0.907. The van der Waals surface area contributed by atoms with Gasteiger partial charge in [-0.2, -0.15) is 0 Å². The first-order valence-electron chi connectivity index (χ1n) is 7.67. The zero-order chi connectivity index (χ0) is 15.2. The summed E-state index contributed by atoms with van der Waals surface area (Å²) in [6.45, 7) is 4.75. The summed E-state index contributed by atoms with van der Waals surface area (Å²) >= 11 is 0. The van der Waals surface area contributed by atoms with E-state index >= 15 is 0 Å². The van der Waals surface area contributed by atoms with Crippen molar-refractivity contribution in [2.24, 2.45) is 0 Å². The van der Waals surface area contributed by atoms with Gasteiger partial charge < -0.3 is 9.84 Å². The number of morpholine rings is 1. The molecule has 3 rings (SSSR count). The summed E-state index contributed by atoms with van der Waals surface area (Å²) in [6, 6.07) is 10.1. The van der Waals surface area contributed by atoms with Crippen LogP contribution in [0.15, 0.2) is 36.5 Å². The van der Waals surface area contributed by atoms with Gasteiger partial charge in [-0.05, 0) is 18.1 Å². The molecule has 2 aromatic rings. The standard InChI is InChI=1S/C17H21N3O2/c21-13-16-5-7-18-17(19-16)15-3-1-14(2-4-15)6-8-20-9-11-22-12-10-20/h1-5,7,21H,6,8-13H2. The Bertz CT molecular complexity index is 595. The molecule has 116 valence electrons. The van der Waals surface area contributed by atoms with Crippen LogP contribution in [0.1, 0.15) is 11.3 Å². The van der Waals surface area contributed by atoms with Gasteiger partial charge in [0.25, 0.3) is 0 Å². The van der Waals surface area contributed by atoms with Crippen LogP contribution < -0.4 is 0 Å². The maximum atomic E-state index is 9.14. The Morgan fingerprint density at radius 1 is 1.09 bits per heavy atom. The molecule has 5 nitrogen and oxygen atoms in total. The van der Waals surface area contributed by atoms with Crippen molar-refractivity contribution in [2.45, 2.75) is 13.0 Å². The molecule has 22 heavy (non-hydrogen) atoms. The van der Waals surface area contributed by atoms with Crippen LogP contribution in [0.25, 0.3) is 11.4 Å². The Morgan fingerprint density at radius 2 is 1.86 bits per heavy atom. The Hall–Kier alpha value is -1.82. The van der Waals surface area contributed by atoms with Gasteiger partial charge in [0.15, 0.2) is 5.82 Å². The van der Waals surface area contributed by atoms with Crippen LogP contribution in [-0.2, 0) is 17.8 Å². The fraction of sp³-hybridized carbons (Fsp3) is 0.412. The molecule has 0 atom stereocenters. The first kappa shape index (κ1) is 15.1. The third-order valence-electron chi connectivity index (χ3n) is 3.91. The molecule has 5 heteroatoms. The van der Waals surface area contributed by atoms with Gasteiger partial charge >= 0.3 is 0 Å². The van der Waals surface area contributed by atoms with Crippen molar-refractivity contribution >= 4 is 0 Å². The minimum atomic E-state index is -0.0623. The lowest BCUT2D eigenvalue weighted by atomic mass is 10.1. The predicted molar refractivity (Wildman–Crippen MR) is 84.4 cm³/mol. The molecule has 1 fully saturated rings. The van der Waals surface area contributed by atoms with Gasteiger partial charge in [-0.3, -0.25) is 4.90 Å². The van der Waals surface area contributed by atoms with E-state index in [-0.39, 0.29) is 6.61 Å². The van der Waals surface area contributed by atoms with Crippen LogP contribution in [0.4, 0.5) is 0 Å². The van der Waals surface area contributed by atoms with E-state index in [4.69, 9.17) is 9.84 Å². The van der Waals surface area contributed by atoms with Gasteiger partial charge in [-0.1, -0.05) is 24.3 Å². The van der Waals surface area contributed by atoms with Gasteiger partial charge in [-0.25, -0.2) is 9.97 Å². The summed E-state index contributed by atoms with van der Waals surface area (Å²) < 4.78 is 5.36. The molecule has 1 N–H and O–H groups in total. The largest absolute Gasteiger partial charge is 0.390 e. The van der Waals surface area contributed by atoms with Crippen LogP contribution >= 0.6 is 0 Å². The van der Waals surface area contributed by atoms with Crippen molar-refractivity contribution in [3.63, 3.8) is 0 Å². The number of aliphatic hydroxyl groups is 1. The van der Waals surface area contributed by atoms with Crippen LogP contribution in [-0.4, -0.2) is 52.8 Å². The number of rotatable bonds is 5. The minimum Gasteiger partial charge on any atom is -0.390 e. The highest BCUT2D eigenvalue weighted by Gasteiger charge is 2.10. The second-order valence-corrected chi connectivity index (χ2v) is 5.43. The molecule has 0 unspecified atom stereocenters. The number of ether oxygens (including phenoxy) is 1. The van der Waals surface area contributed by atoms with E-state index < -0.39 is 0 Å². The van der Waals surface area contributed by atoms with Crippen LogP contribution in [0.3, 0.4) is 0 Å². The second kappa shape index (κ2) is 7.45. The molecule has 1 aromatic heterocycles. The Morgan fingerprint density at radius 3 is 2.59 bits per heavy atom. The summed E-state index contributed by atoms with van der Waals surface area (Å²) in [5.41, 5.74) is 2.93. The maximum Gasteiger partial charge on any atom is 0.159 e. The fourth-order valence-corrected chi connectivity index (χ4v) is 2.56. The molecule has 0 saturated carbocycles. The zero-order valence-corrected chi connectivity index (χ0v) is 12.6. The molecule has 2 heterocycles. The molecule has 0 spiro atoms. The fourth-order valence-electron chi connectivity index (χ4n) is 2.56. The Balaban J connectivity index is 1.61. The third-order valence-corrected chi connectivity index (χ3v) is 3.91. The van der Waals surface area contributed by atoms with Gasteiger partial charge in [0.05, 0.1) is 25.5 Å². The van der Waals surface area contributed by atoms with Crippen molar-refractivity contribution < 1.29 is 9.84 Å². The Kier molecular flexibility index (Phi) is 5.11. The van der Waals surface area contributed by atoms with E-state index in [2.05, 4.69) is 27.0 Å². The lowest BCUT2D eigenvalue weighted by Gasteiger charge is -2.26. The van der Waals surface area contributed by atoms with E-state index in [9.17, 15) is 0 Å². The number of aromatic nitrogens is 2. The lowest BCUT2D eigenvalue weighted by Crippen LogP contribution is -2.37. The van der Waals surface area contributed by atoms with Crippen LogP contribution in [0.5, 0.6) is 0 Å². The first-order chi connectivity index (χ1) is 10.8. The SMILES string of the molecule is OCc1ccnc(-c2ccc(CCN3CCOCC3)cc2)n1. The molecule has 0 aliphatic carbocycles. The van der Waals surface area contributed by atoms with Crippen molar-refractivity contribution in [1.82, 2.24) is 14.9 Å². The Labute approximate surface area is 130 Å². The van der Waals surface area contributed by atoms with E-state index in [0.29, 0.717) is 11.5 Å². The van der Waals surface area contributed by atoms with Gasteiger partial charge in [0.2, 0.25) is 0 Å². The number of nitrogens with zero attached hydrogens (tertiary/aromatic N) is 3. The van der Waals surface area contributed by atoms with Gasteiger partial charge in [-0.15, -0.1) is 0 Å². The number of benzene rings is 1. The maximum absolute atomic E-state index is 9.14. The van der Waals surface area contributed by atoms with Gasteiger partial charge in [0.1, 0.15) is 0 Å². The number of hydrogen-bond acceptors (Lipinski definition) is 5. The van der Waals surface area contributed by atoms with Crippen molar-refractivity contribution in [3.05, 3.63) is 47.8 Å². The molecular formula is C17H21N3O2. The molecule has 1 aliphatic rings. The molecule has 0 amide bonds. The predicted octanol–water partition coefficient (Wildman–Crippen LogP) is 1.51. The zero-order valence-electron chi connectivity index (χ0n) is 12.6. The van der Waals surface area contributed by atoms with Crippen molar-refractivity contribution in [1.29, 1.82) is 0 Å². The topological polar surface area (TPSA) is 58.5 Å². The first-order valence-corrected chi connectivity index (χ1v) is 7.67. The highest BCUT2D eigenvalue weighted by molar-refractivity contribution is 5.55. The van der Waals surface area contributed by atoms with E-state index in [1.54, 1.807) is 12.3 Å². The molecular weight excluding hydrogens is 278 g/mol. The highest BCUT2D eigenvalue weighted by Crippen LogP contribution is 2.16. The van der Waals surface area contributed by atoms with Crippen LogP contribution in [0, 0.1) is 0 Å². The third kappa shape index (κ3) is 3.88. The summed E-state index contributed by atoms with van der Waals surface area (Å²) in [6.07, 6.45) is 2.72. The van der Waals surface area contributed by atoms with Crippen LogP contribution in [0.2, 0.25) is 0 Å². The summed E-state index contributed by atoms with van der Waals surface area (Å²) in [5.74, 6) is 0.659. The average Bonchev–Trinajstić information content (AvgIpc) is 2.61. The van der Waals surface area contributed by atoms with E-state index in [0.717, 1.165) is 44.8 Å². The molecule has 1 saturated heterocycles. The minimum absolute atomic E-state index is 0.0623.